The lowest BCUT2D eigenvalue weighted by molar-refractivity contribution is 0.442. The molecule has 1 aliphatic heterocycles. The average Bonchev–Trinajstić information content (AvgIpc) is 3.62. The lowest BCUT2D eigenvalue weighted by atomic mass is 9.65. The predicted octanol–water partition coefficient (Wildman–Crippen LogP) is 12.8. The van der Waals surface area contributed by atoms with Gasteiger partial charge in [0.05, 0.1) is 16.6 Å². The molecular weight excluding hydrogens is 750 g/mol. The third kappa shape index (κ3) is 4.91. The highest BCUT2D eigenvalue weighted by atomic mass is 31.2. The Bertz CT molecular complexity index is 3270. The monoisotopic (exact) mass is 785 g/mol. The summed E-state index contributed by atoms with van der Waals surface area (Å²) in [6.45, 7) is 0. The molecule has 3 nitrogen and oxygen atoms in total. The quantitative estimate of drug-likeness (QED) is 0.129. The summed E-state index contributed by atoms with van der Waals surface area (Å²) in [6.07, 6.45) is 0. The molecule has 0 saturated heterocycles. The molecule has 2 aliphatic rings. The zero-order chi connectivity index (χ0) is 39.8. The number of hydrogen-bond donors (Lipinski definition) is 0. The first-order valence-electron chi connectivity index (χ1n) is 20.4. The van der Waals surface area contributed by atoms with Gasteiger partial charge >= 0.3 is 0 Å². The predicted molar refractivity (Wildman–Crippen MR) is 247 cm³/mol. The van der Waals surface area contributed by atoms with Gasteiger partial charge in [0.2, 0.25) is 0 Å². The van der Waals surface area contributed by atoms with Crippen molar-refractivity contribution >= 4 is 44.7 Å². The molecule has 60 heavy (non-hydrogen) atoms. The van der Waals surface area contributed by atoms with Crippen LogP contribution in [-0.4, -0.2) is 4.98 Å². The van der Waals surface area contributed by atoms with Crippen molar-refractivity contribution in [1.82, 2.24) is 4.98 Å². The molecule has 12 rings (SSSR count). The molecule has 0 saturated carbocycles. The first-order chi connectivity index (χ1) is 29.6. The molecule has 4 heteroatoms. The molecule has 1 aromatic heterocycles. The van der Waals surface area contributed by atoms with Crippen molar-refractivity contribution in [2.45, 2.75) is 5.41 Å². The number of benzene rings is 9. The van der Waals surface area contributed by atoms with E-state index in [2.05, 4.69) is 140 Å². The molecule has 9 aromatic carbocycles. The van der Waals surface area contributed by atoms with Crippen molar-refractivity contribution in [3.63, 3.8) is 0 Å². The van der Waals surface area contributed by atoms with E-state index in [9.17, 15) is 0 Å². The normalized spacial score (nSPS) is 13.3. The van der Waals surface area contributed by atoms with Crippen LogP contribution in [0.3, 0.4) is 0 Å². The van der Waals surface area contributed by atoms with Crippen LogP contribution in [0.4, 0.5) is 0 Å². The first-order valence-corrected chi connectivity index (χ1v) is 22.1. The second-order valence-corrected chi connectivity index (χ2v) is 18.5. The molecule has 1 spiro atoms. The molecule has 0 bridgehead atoms. The van der Waals surface area contributed by atoms with Crippen LogP contribution in [0.15, 0.2) is 218 Å². The summed E-state index contributed by atoms with van der Waals surface area (Å²) in [5.74, 6) is 1.72. The van der Waals surface area contributed by atoms with Gasteiger partial charge in [0.25, 0.3) is 0 Å². The maximum Gasteiger partial charge on any atom is 0.171 e. The Morgan fingerprint density at radius 1 is 0.417 bits per heavy atom. The fourth-order valence-corrected chi connectivity index (χ4v) is 12.6. The standard InChI is InChI=1S/C56H36NO2P/c58-60(40-18-6-2-7-19-40,41-20-8-3-9-21-41)42-31-28-37(29-32-42)39-30-33-45-51(36-39)57-54(38-16-4-1-5-17-38)46-34-35-50-55(53(45)46)59-52-27-15-14-26-49(52)56(50)47-24-12-10-22-43(47)44-23-11-13-25-48(44)56/h1-36H. The van der Waals surface area contributed by atoms with Gasteiger partial charge < -0.3 is 9.30 Å². The molecule has 0 unspecified atom stereocenters. The molecular formula is C56H36NO2P. The number of hydrogen-bond acceptors (Lipinski definition) is 3. The summed E-state index contributed by atoms with van der Waals surface area (Å²) >= 11 is 0. The van der Waals surface area contributed by atoms with Crippen LogP contribution in [0.25, 0.3) is 55.2 Å². The number of rotatable bonds is 5. The molecule has 0 amide bonds. The van der Waals surface area contributed by atoms with Crippen LogP contribution >= 0.6 is 7.14 Å². The van der Waals surface area contributed by atoms with E-state index in [0.29, 0.717) is 0 Å². The van der Waals surface area contributed by atoms with Crippen LogP contribution in [0.2, 0.25) is 0 Å². The van der Waals surface area contributed by atoms with Crippen molar-refractivity contribution in [1.29, 1.82) is 0 Å². The van der Waals surface area contributed by atoms with Crippen LogP contribution < -0.4 is 20.7 Å². The number of ether oxygens (including phenoxy) is 1. The van der Waals surface area contributed by atoms with E-state index >= 15 is 4.57 Å². The van der Waals surface area contributed by atoms with E-state index in [-0.39, 0.29) is 0 Å². The Balaban J connectivity index is 1.09. The average molecular weight is 786 g/mol. The van der Waals surface area contributed by atoms with Gasteiger partial charge in [0, 0.05) is 48.8 Å². The van der Waals surface area contributed by atoms with Crippen molar-refractivity contribution in [2.24, 2.45) is 0 Å². The van der Waals surface area contributed by atoms with E-state index in [1.807, 2.05) is 78.9 Å². The van der Waals surface area contributed by atoms with Gasteiger partial charge in [-0.1, -0.05) is 206 Å². The summed E-state index contributed by atoms with van der Waals surface area (Å²) in [7, 11) is -3.11. The van der Waals surface area contributed by atoms with Gasteiger partial charge in [-0.25, -0.2) is 4.98 Å². The molecule has 0 fully saturated rings. The van der Waals surface area contributed by atoms with Crippen LogP contribution in [0.5, 0.6) is 11.5 Å². The summed E-state index contributed by atoms with van der Waals surface area (Å²) in [4.78, 5) is 5.45. The minimum atomic E-state index is -3.11. The summed E-state index contributed by atoms with van der Waals surface area (Å²) in [5, 5.41) is 5.54. The second kappa shape index (κ2) is 13.4. The third-order valence-corrected chi connectivity index (χ3v) is 15.7. The Morgan fingerprint density at radius 2 is 0.933 bits per heavy atom. The van der Waals surface area contributed by atoms with E-state index in [4.69, 9.17) is 9.72 Å². The highest BCUT2D eigenvalue weighted by Gasteiger charge is 2.51. The fourth-order valence-electron chi connectivity index (χ4n) is 9.98. The number of nitrogens with zero attached hydrogens (tertiary/aromatic N) is 1. The Labute approximate surface area is 348 Å². The lowest BCUT2D eigenvalue weighted by Crippen LogP contribution is -2.32. The van der Waals surface area contributed by atoms with E-state index in [1.165, 1.54) is 22.3 Å². The maximum absolute atomic E-state index is 15.1. The zero-order valence-electron chi connectivity index (χ0n) is 32.5. The fraction of sp³-hybridized carbons (Fsp3) is 0.0179. The van der Waals surface area contributed by atoms with Gasteiger partial charge in [-0.05, 0) is 45.5 Å². The largest absolute Gasteiger partial charge is 0.456 e. The molecule has 2 heterocycles. The van der Waals surface area contributed by atoms with E-state index in [1.54, 1.807) is 0 Å². The van der Waals surface area contributed by atoms with Crippen molar-refractivity contribution in [3.05, 3.63) is 241 Å². The topological polar surface area (TPSA) is 39.2 Å². The van der Waals surface area contributed by atoms with Crippen LogP contribution in [0.1, 0.15) is 22.3 Å². The Hall–Kier alpha value is -7.32. The number of aromatic nitrogens is 1. The molecule has 0 radical (unpaired) electrons. The minimum absolute atomic E-state index is 0.575. The zero-order valence-corrected chi connectivity index (χ0v) is 33.4. The molecule has 1 aliphatic carbocycles. The van der Waals surface area contributed by atoms with Gasteiger partial charge in [-0.2, -0.15) is 0 Å². The summed E-state index contributed by atoms with van der Waals surface area (Å²) in [5.41, 5.74) is 11.6. The van der Waals surface area contributed by atoms with Crippen molar-refractivity contribution < 1.29 is 9.30 Å². The van der Waals surface area contributed by atoms with Gasteiger partial charge in [0.15, 0.2) is 7.14 Å². The van der Waals surface area contributed by atoms with Crippen LogP contribution in [0, 0.1) is 0 Å². The van der Waals surface area contributed by atoms with Gasteiger partial charge in [0.1, 0.15) is 11.5 Å². The Kier molecular flexibility index (Phi) is 7.73. The number of para-hydroxylation sites is 1. The van der Waals surface area contributed by atoms with E-state index < -0.39 is 12.6 Å². The molecule has 0 atom stereocenters. The van der Waals surface area contributed by atoms with Crippen molar-refractivity contribution in [2.75, 3.05) is 0 Å². The first kappa shape index (κ1) is 34.7. The SMILES string of the molecule is O=P(c1ccccc1)(c1ccccc1)c1ccc(-c2ccc3c(c2)nc(-c2ccccc2)c2ccc4c(c23)Oc2ccccc2C42c3ccccc3-c3ccccc32)cc1. The number of fused-ring (bicyclic) bond motifs is 13. The van der Waals surface area contributed by atoms with Crippen LogP contribution in [-0.2, 0) is 9.98 Å². The third-order valence-electron chi connectivity index (χ3n) is 12.6. The Morgan fingerprint density at radius 3 is 1.58 bits per heavy atom. The smallest absolute Gasteiger partial charge is 0.171 e. The maximum atomic E-state index is 15.1. The summed E-state index contributed by atoms with van der Waals surface area (Å²) in [6, 6.07) is 75.7. The van der Waals surface area contributed by atoms with Crippen molar-refractivity contribution in [3.8, 4) is 45.0 Å². The highest BCUT2D eigenvalue weighted by Crippen LogP contribution is 2.63. The van der Waals surface area contributed by atoms with E-state index in [0.717, 1.165) is 82.6 Å². The second-order valence-electron chi connectivity index (χ2n) is 15.7. The molecule has 0 N–H and O–H groups in total. The number of pyridine rings is 1. The van der Waals surface area contributed by atoms with Gasteiger partial charge in [-0.15, -0.1) is 0 Å². The lowest BCUT2D eigenvalue weighted by Gasteiger charge is -2.40. The molecule has 282 valence electrons. The summed E-state index contributed by atoms with van der Waals surface area (Å²) < 4.78 is 22.3. The highest BCUT2D eigenvalue weighted by molar-refractivity contribution is 7.85. The molecule has 10 aromatic rings. The van der Waals surface area contributed by atoms with Gasteiger partial charge in [-0.3, -0.25) is 0 Å². The minimum Gasteiger partial charge on any atom is -0.456 e.